The number of likely N-dealkylation sites (N-methyl/N-ethyl adjacent to an activating group) is 1. The van der Waals surface area contributed by atoms with Gasteiger partial charge in [0.05, 0.1) is 12.8 Å². The number of anilines is 1. The number of hydrogen-bond acceptors (Lipinski definition) is 4. The average Bonchev–Trinajstić information content (AvgIpc) is 3.31. The van der Waals surface area contributed by atoms with Crippen molar-refractivity contribution < 1.29 is 18.7 Å². The van der Waals surface area contributed by atoms with E-state index in [1.54, 1.807) is 30.7 Å². The van der Waals surface area contributed by atoms with E-state index in [1.807, 2.05) is 42.6 Å². The summed E-state index contributed by atoms with van der Waals surface area (Å²) in [7, 11) is 1.59. The Morgan fingerprint density at radius 3 is 2.31 bits per heavy atom. The number of halogens is 2. The van der Waals surface area contributed by atoms with Gasteiger partial charge in [-0.3, -0.25) is 19.5 Å². The lowest BCUT2D eigenvalue weighted by Crippen LogP contribution is -2.38. The number of carbonyl (C=O) groups excluding carboxylic acids is 2. The van der Waals surface area contributed by atoms with Crippen molar-refractivity contribution in [1.82, 2.24) is 14.5 Å². The highest BCUT2D eigenvalue weighted by Crippen LogP contribution is 2.26. The summed E-state index contributed by atoms with van der Waals surface area (Å²) >= 11 is 6.02. The number of carbonyl (C=O) groups is 2. The summed E-state index contributed by atoms with van der Waals surface area (Å²) in [6.07, 6.45) is 1.81. The van der Waals surface area contributed by atoms with E-state index in [4.69, 9.17) is 16.3 Å². The van der Waals surface area contributed by atoms with Gasteiger partial charge in [0.1, 0.15) is 18.1 Å². The Morgan fingerprint density at radius 1 is 1.03 bits per heavy atom. The van der Waals surface area contributed by atoms with Crippen molar-refractivity contribution >= 4 is 29.4 Å². The van der Waals surface area contributed by atoms with Gasteiger partial charge in [0.2, 0.25) is 11.9 Å². The van der Waals surface area contributed by atoms with Crippen LogP contribution in [0.3, 0.4) is 0 Å². The van der Waals surface area contributed by atoms with Crippen molar-refractivity contribution in [3.63, 3.8) is 0 Å². The second-order valence-electron chi connectivity index (χ2n) is 7.90. The van der Waals surface area contributed by atoms with Crippen LogP contribution in [-0.2, 0) is 4.79 Å². The number of nitrogens with one attached hydrogen (secondary N) is 1. The maximum atomic E-state index is 13.2. The molecule has 1 N–H and O–H groups in total. The molecule has 0 aliphatic heterocycles. The molecule has 0 fully saturated rings. The molecule has 0 atom stereocenters. The summed E-state index contributed by atoms with van der Waals surface area (Å²) in [5.41, 5.74) is 2.51. The van der Waals surface area contributed by atoms with Gasteiger partial charge in [-0.05, 0) is 67.6 Å². The first-order chi connectivity index (χ1) is 17.4. The van der Waals surface area contributed by atoms with Gasteiger partial charge in [0.15, 0.2) is 0 Å². The summed E-state index contributed by atoms with van der Waals surface area (Å²) < 4.78 is 20.2. The smallest absolute Gasteiger partial charge is 0.254 e. The summed E-state index contributed by atoms with van der Waals surface area (Å²) in [6.45, 7) is 1.87. The first-order valence-corrected chi connectivity index (χ1v) is 11.6. The molecular weight excluding hydrogens is 483 g/mol. The Hall–Kier alpha value is -4.17. The Bertz CT molecular complexity index is 1350. The van der Waals surface area contributed by atoms with E-state index in [0.29, 0.717) is 34.5 Å². The highest BCUT2D eigenvalue weighted by molar-refractivity contribution is 6.30. The van der Waals surface area contributed by atoms with Gasteiger partial charge in [-0.25, -0.2) is 9.37 Å². The molecule has 0 unspecified atom stereocenters. The van der Waals surface area contributed by atoms with Gasteiger partial charge in [-0.2, -0.15) is 0 Å². The van der Waals surface area contributed by atoms with E-state index in [-0.39, 0.29) is 12.5 Å². The van der Waals surface area contributed by atoms with Gasteiger partial charge in [-0.1, -0.05) is 23.7 Å². The van der Waals surface area contributed by atoms with Crippen molar-refractivity contribution in [2.75, 3.05) is 25.5 Å². The Labute approximate surface area is 213 Å². The Kier molecular flexibility index (Phi) is 7.65. The number of imidazole rings is 1. The van der Waals surface area contributed by atoms with Crippen LogP contribution in [0.2, 0.25) is 5.02 Å². The monoisotopic (exact) mass is 506 g/mol. The molecule has 3 aromatic carbocycles. The number of hydrogen-bond donors (Lipinski definition) is 1. The largest absolute Gasteiger partial charge is 0.497 e. The number of nitrogens with zero attached hydrogens (tertiary/aromatic N) is 3. The molecule has 0 aliphatic carbocycles. The maximum absolute atomic E-state index is 13.2. The number of methoxy groups -OCH3 is 1. The van der Waals surface area contributed by atoms with E-state index in [1.165, 1.54) is 29.2 Å². The highest BCUT2D eigenvalue weighted by atomic mass is 35.5. The fourth-order valence-corrected chi connectivity index (χ4v) is 3.73. The molecule has 0 aliphatic rings. The molecule has 1 aromatic heterocycles. The molecule has 4 rings (SSSR count). The van der Waals surface area contributed by atoms with Gasteiger partial charge in [0.25, 0.3) is 5.91 Å². The predicted molar refractivity (Wildman–Crippen MR) is 137 cm³/mol. The minimum Gasteiger partial charge on any atom is -0.497 e. The topological polar surface area (TPSA) is 76.5 Å². The molecule has 4 aromatic rings. The van der Waals surface area contributed by atoms with Gasteiger partial charge in [0, 0.05) is 34.6 Å². The van der Waals surface area contributed by atoms with Gasteiger partial charge < -0.3 is 9.64 Å². The maximum Gasteiger partial charge on any atom is 0.254 e. The zero-order valence-corrected chi connectivity index (χ0v) is 20.5. The summed E-state index contributed by atoms with van der Waals surface area (Å²) in [4.78, 5) is 31.8. The molecule has 0 bridgehead atoms. The van der Waals surface area contributed by atoms with E-state index in [0.717, 1.165) is 11.3 Å². The van der Waals surface area contributed by atoms with Crippen LogP contribution in [0.1, 0.15) is 17.3 Å². The van der Waals surface area contributed by atoms with E-state index in [9.17, 15) is 14.0 Å². The SMILES string of the molecule is CCN(CC(=O)Nc1nc(-c2ccc(Cl)cc2)cn1-c1ccc(OC)cc1)C(=O)c1ccc(F)cc1. The van der Waals surface area contributed by atoms with Crippen LogP contribution < -0.4 is 10.1 Å². The third kappa shape index (κ3) is 5.72. The van der Waals surface area contributed by atoms with Crippen molar-refractivity contribution in [3.05, 3.63) is 95.4 Å². The molecule has 2 amide bonds. The second-order valence-corrected chi connectivity index (χ2v) is 8.34. The molecule has 9 heteroatoms. The fourth-order valence-electron chi connectivity index (χ4n) is 3.61. The van der Waals surface area contributed by atoms with E-state index < -0.39 is 11.7 Å². The van der Waals surface area contributed by atoms with Crippen LogP contribution in [0.4, 0.5) is 10.3 Å². The summed E-state index contributed by atoms with van der Waals surface area (Å²) in [6, 6.07) is 19.7. The number of rotatable bonds is 8. The second kappa shape index (κ2) is 11.0. The Morgan fingerprint density at radius 2 is 1.69 bits per heavy atom. The number of ether oxygens (including phenoxy) is 1. The molecule has 0 saturated carbocycles. The molecule has 0 radical (unpaired) electrons. The Balaban J connectivity index is 1.59. The van der Waals surface area contributed by atoms with Crippen LogP contribution in [-0.4, -0.2) is 46.5 Å². The molecule has 0 spiro atoms. The first kappa shape index (κ1) is 24.9. The van der Waals surface area contributed by atoms with Crippen molar-refractivity contribution in [2.24, 2.45) is 0 Å². The lowest BCUT2D eigenvalue weighted by atomic mass is 10.2. The summed E-state index contributed by atoms with van der Waals surface area (Å²) in [5.74, 6) is -0.238. The minimum atomic E-state index is -0.436. The zero-order chi connectivity index (χ0) is 25.7. The third-order valence-corrected chi connectivity index (χ3v) is 5.79. The minimum absolute atomic E-state index is 0.196. The van der Waals surface area contributed by atoms with Crippen LogP contribution in [0, 0.1) is 5.82 Å². The number of aromatic nitrogens is 2. The standard InChI is InChI=1S/C27H24ClFN4O3/c1-3-32(26(35)19-6-10-21(29)11-7-19)17-25(34)31-27-30-24(18-4-8-20(28)9-5-18)16-33(27)22-12-14-23(36-2)15-13-22/h4-16H,3,17H2,1-2H3,(H,30,31,34). The normalized spacial score (nSPS) is 10.7. The van der Waals surface area contributed by atoms with Crippen molar-refractivity contribution in [3.8, 4) is 22.7 Å². The molecule has 1 heterocycles. The van der Waals surface area contributed by atoms with E-state index >= 15 is 0 Å². The summed E-state index contributed by atoms with van der Waals surface area (Å²) in [5, 5.41) is 3.43. The van der Waals surface area contributed by atoms with Gasteiger partial charge in [-0.15, -0.1) is 0 Å². The third-order valence-electron chi connectivity index (χ3n) is 5.54. The van der Waals surface area contributed by atoms with Gasteiger partial charge >= 0.3 is 0 Å². The van der Waals surface area contributed by atoms with Crippen LogP contribution in [0.15, 0.2) is 79.0 Å². The molecular formula is C27H24ClFN4O3. The van der Waals surface area contributed by atoms with E-state index in [2.05, 4.69) is 10.3 Å². The number of amides is 2. The lowest BCUT2D eigenvalue weighted by molar-refractivity contribution is -0.116. The predicted octanol–water partition coefficient (Wildman–Crippen LogP) is 5.44. The van der Waals surface area contributed by atoms with Crippen molar-refractivity contribution in [2.45, 2.75) is 6.92 Å². The zero-order valence-electron chi connectivity index (χ0n) is 19.7. The highest BCUT2D eigenvalue weighted by Gasteiger charge is 2.20. The molecule has 7 nitrogen and oxygen atoms in total. The van der Waals surface area contributed by atoms with Crippen molar-refractivity contribution in [1.29, 1.82) is 0 Å². The van der Waals surface area contributed by atoms with Crippen LogP contribution in [0.5, 0.6) is 5.75 Å². The first-order valence-electron chi connectivity index (χ1n) is 11.2. The quantitative estimate of drug-likeness (QED) is 0.345. The molecule has 184 valence electrons. The molecule has 0 saturated heterocycles. The molecule has 36 heavy (non-hydrogen) atoms. The fraction of sp³-hybridized carbons (Fsp3) is 0.148. The lowest BCUT2D eigenvalue weighted by Gasteiger charge is -2.20. The van der Waals surface area contributed by atoms with Crippen LogP contribution >= 0.6 is 11.6 Å². The number of benzene rings is 3. The van der Waals surface area contributed by atoms with Crippen LogP contribution in [0.25, 0.3) is 16.9 Å². The average molecular weight is 507 g/mol.